The molecule has 0 spiro atoms. The fraction of sp³-hybridized carbons (Fsp3) is 0.600. The van der Waals surface area contributed by atoms with Crippen molar-refractivity contribution in [1.29, 1.82) is 0 Å². The Hall–Kier alpha value is -1.58. The third-order valence-electron chi connectivity index (χ3n) is 4.25. The maximum absolute atomic E-state index is 10.7. The molecule has 19 heavy (non-hydrogen) atoms. The standard InChI is InChI=1S/C15H21N3O/c19-11-18-8-5-12(6-9-18)10-14-4-3-13-2-1-7-16-15(13)17-14/h3-4,11-12H,1-2,5-10H2,(H,16,17). The lowest BCUT2D eigenvalue weighted by Crippen LogP contribution is -2.33. The molecule has 102 valence electrons. The number of piperidine rings is 1. The summed E-state index contributed by atoms with van der Waals surface area (Å²) in [6.07, 6.45) is 6.57. The van der Waals surface area contributed by atoms with E-state index in [1.165, 1.54) is 17.7 Å². The van der Waals surface area contributed by atoms with E-state index in [1.54, 1.807) is 0 Å². The number of nitrogens with zero attached hydrogens (tertiary/aromatic N) is 2. The molecule has 4 heteroatoms. The molecule has 1 fully saturated rings. The number of amides is 1. The summed E-state index contributed by atoms with van der Waals surface area (Å²) in [4.78, 5) is 17.3. The fourth-order valence-electron chi connectivity index (χ4n) is 3.04. The zero-order valence-electron chi connectivity index (χ0n) is 11.3. The largest absolute Gasteiger partial charge is 0.370 e. The lowest BCUT2D eigenvalue weighted by Gasteiger charge is -2.29. The van der Waals surface area contributed by atoms with Crippen LogP contribution in [0, 0.1) is 5.92 Å². The topological polar surface area (TPSA) is 45.2 Å². The number of carbonyl (C=O) groups is 1. The number of hydrogen-bond acceptors (Lipinski definition) is 3. The number of aryl methyl sites for hydroxylation is 1. The Morgan fingerprint density at radius 2 is 2.21 bits per heavy atom. The number of nitrogens with one attached hydrogen (secondary N) is 1. The Morgan fingerprint density at radius 1 is 1.37 bits per heavy atom. The number of likely N-dealkylation sites (tertiary alicyclic amines) is 1. The summed E-state index contributed by atoms with van der Waals surface area (Å²) in [7, 11) is 0. The molecule has 0 aliphatic carbocycles. The van der Waals surface area contributed by atoms with Crippen LogP contribution in [0.25, 0.3) is 0 Å². The lowest BCUT2D eigenvalue weighted by molar-refractivity contribution is -0.119. The number of hydrogen-bond donors (Lipinski definition) is 1. The monoisotopic (exact) mass is 259 g/mol. The zero-order chi connectivity index (χ0) is 13.1. The van der Waals surface area contributed by atoms with Gasteiger partial charge in [-0.15, -0.1) is 0 Å². The maximum atomic E-state index is 10.7. The Balaban J connectivity index is 1.62. The average molecular weight is 259 g/mol. The first-order valence-corrected chi connectivity index (χ1v) is 7.27. The van der Waals surface area contributed by atoms with Crippen molar-refractivity contribution in [2.75, 3.05) is 25.0 Å². The van der Waals surface area contributed by atoms with Gasteiger partial charge in [0.1, 0.15) is 5.82 Å². The van der Waals surface area contributed by atoms with Crippen LogP contribution < -0.4 is 5.32 Å². The normalized spacial score (nSPS) is 19.7. The van der Waals surface area contributed by atoms with Crippen LogP contribution in [0.1, 0.15) is 30.5 Å². The number of fused-ring (bicyclic) bond motifs is 1. The Labute approximate surface area is 114 Å². The van der Waals surface area contributed by atoms with Gasteiger partial charge in [-0.2, -0.15) is 0 Å². The molecule has 0 bridgehead atoms. The zero-order valence-corrected chi connectivity index (χ0v) is 11.3. The minimum absolute atomic E-state index is 0.672. The molecule has 0 aromatic carbocycles. The van der Waals surface area contributed by atoms with E-state index < -0.39 is 0 Å². The molecule has 0 atom stereocenters. The molecule has 4 nitrogen and oxygen atoms in total. The molecule has 2 aliphatic rings. The van der Waals surface area contributed by atoms with Crippen molar-refractivity contribution in [1.82, 2.24) is 9.88 Å². The molecule has 3 heterocycles. The minimum Gasteiger partial charge on any atom is -0.370 e. The van der Waals surface area contributed by atoms with Crippen molar-refractivity contribution in [2.45, 2.75) is 32.1 Å². The second-order valence-corrected chi connectivity index (χ2v) is 5.63. The molecule has 3 rings (SSSR count). The predicted octanol–water partition coefficient (Wildman–Crippen LogP) is 1.85. The van der Waals surface area contributed by atoms with Gasteiger partial charge in [-0.25, -0.2) is 4.98 Å². The van der Waals surface area contributed by atoms with Gasteiger partial charge in [-0.1, -0.05) is 6.07 Å². The van der Waals surface area contributed by atoms with Crippen molar-refractivity contribution >= 4 is 12.2 Å². The third kappa shape index (κ3) is 2.88. The first-order valence-electron chi connectivity index (χ1n) is 7.27. The molecule has 2 aliphatic heterocycles. The summed E-state index contributed by atoms with van der Waals surface area (Å²) in [5.41, 5.74) is 2.54. The molecule has 0 unspecified atom stereocenters. The second kappa shape index (κ2) is 5.59. The first-order chi connectivity index (χ1) is 9.35. The fourth-order valence-corrected chi connectivity index (χ4v) is 3.04. The Bertz CT molecular complexity index is 453. The summed E-state index contributed by atoms with van der Waals surface area (Å²) in [6, 6.07) is 4.41. The van der Waals surface area contributed by atoms with Gasteiger partial charge in [-0.05, 0) is 49.7 Å². The number of rotatable bonds is 3. The van der Waals surface area contributed by atoms with Crippen molar-refractivity contribution in [3.05, 3.63) is 23.4 Å². The molecule has 1 aromatic rings. The van der Waals surface area contributed by atoms with Crippen LogP contribution in [0.2, 0.25) is 0 Å². The molecule has 1 amide bonds. The van der Waals surface area contributed by atoms with Crippen molar-refractivity contribution in [3.63, 3.8) is 0 Å². The van der Waals surface area contributed by atoms with Gasteiger partial charge < -0.3 is 10.2 Å². The van der Waals surface area contributed by atoms with Crippen molar-refractivity contribution in [3.8, 4) is 0 Å². The molecular formula is C15H21N3O. The van der Waals surface area contributed by atoms with Crippen molar-refractivity contribution in [2.24, 2.45) is 5.92 Å². The van der Waals surface area contributed by atoms with E-state index in [4.69, 9.17) is 4.98 Å². The third-order valence-corrected chi connectivity index (χ3v) is 4.25. The smallest absolute Gasteiger partial charge is 0.209 e. The van der Waals surface area contributed by atoms with Gasteiger partial charge in [-0.3, -0.25) is 4.79 Å². The molecule has 0 saturated carbocycles. The SMILES string of the molecule is O=CN1CCC(Cc2ccc3c(n2)NCCC3)CC1. The minimum atomic E-state index is 0.672. The van der Waals surface area contributed by atoms with Crippen molar-refractivity contribution < 1.29 is 4.79 Å². The van der Waals surface area contributed by atoms with Crippen LogP contribution in [0.5, 0.6) is 0 Å². The highest BCUT2D eigenvalue weighted by Crippen LogP contribution is 2.24. The number of pyridine rings is 1. The summed E-state index contributed by atoms with van der Waals surface area (Å²) >= 11 is 0. The van der Waals surface area contributed by atoms with E-state index in [9.17, 15) is 4.79 Å². The van der Waals surface area contributed by atoms with Gasteiger partial charge in [0.25, 0.3) is 0 Å². The summed E-state index contributed by atoms with van der Waals surface area (Å²) in [5, 5.41) is 3.39. The van der Waals surface area contributed by atoms with Gasteiger partial charge in [0.05, 0.1) is 0 Å². The molecule has 1 N–H and O–H groups in total. The Kier molecular flexibility index (Phi) is 3.67. The van der Waals surface area contributed by atoms with Gasteiger partial charge >= 0.3 is 0 Å². The first kappa shape index (κ1) is 12.5. The summed E-state index contributed by atoms with van der Waals surface area (Å²) < 4.78 is 0. The van der Waals surface area contributed by atoms with Crippen LogP contribution in [0.3, 0.4) is 0 Å². The van der Waals surface area contributed by atoms with Crippen LogP contribution in [0.4, 0.5) is 5.82 Å². The average Bonchev–Trinajstić information content (AvgIpc) is 2.48. The number of anilines is 1. The van der Waals surface area contributed by atoms with E-state index in [0.29, 0.717) is 5.92 Å². The molecule has 0 radical (unpaired) electrons. The van der Waals surface area contributed by atoms with Crippen LogP contribution in [-0.4, -0.2) is 35.9 Å². The van der Waals surface area contributed by atoms with E-state index >= 15 is 0 Å². The second-order valence-electron chi connectivity index (χ2n) is 5.63. The highest BCUT2D eigenvalue weighted by Gasteiger charge is 2.19. The highest BCUT2D eigenvalue weighted by molar-refractivity contribution is 5.47. The van der Waals surface area contributed by atoms with Gasteiger partial charge in [0, 0.05) is 25.3 Å². The van der Waals surface area contributed by atoms with Gasteiger partial charge in [0.15, 0.2) is 0 Å². The Morgan fingerprint density at radius 3 is 3.00 bits per heavy atom. The number of aromatic nitrogens is 1. The summed E-state index contributed by atoms with van der Waals surface area (Å²) in [6.45, 7) is 2.84. The summed E-state index contributed by atoms with van der Waals surface area (Å²) in [5.74, 6) is 1.76. The van der Waals surface area contributed by atoms with Crippen LogP contribution >= 0.6 is 0 Å². The quantitative estimate of drug-likeness (QED) is 0.843. The predicted molar refractivity (Wildman–Crippen MR) is 75.1 cm³/mol. The van der Waals surface area contributed by atoms with Crippen LogP contribution in [0.15, 0.2) is 12.1 Å². The lowest BCUT2D eigenvalue weighted by atomic mass is 9.92. The number of carbonyl (C=O) groups excluding carboxylic acids is 1. The highest BCUT2D eigenvalue weighted by atomic mass is 16.1. The molecular weight excluding hydrogens is 238 g/mol. The molecule has 1 aromatic heterocycles. The van der Waals surface area contributed by atoms with E-state index in [0.717, 1.165) is 57.5 Å². The van der Waals surface area contributed by atoms with Crippen LogP contribution in [-0.2, 0) is 17.6 Å². The van der Waals surface area contributed by atoms with Gasteiger partial charge in [0.2, 0.25) is 6.41 Å². The molecule has 1 saturated heterocycles. The van der Waals surface area contributed by atoms with E-state index in [2.05, 4.69) is 17.4 Å². The van der Waals surface area contributed by atoms with E-state index in [-0.39, 0.29) is 0 Å². The maximum Gasteiger partial charge on any atom is 0.209 e. The van der Waals surface area contributed by atoms with E-state index in [1.807, 2.05) is 4.90 Å².